The summed E-state index contributed by atoms with van der Waals surface area (Å²) in [6.45, 7) is 4.57. The van der Waals surface area contributed by atoms with E-state index >= 15 is 0 Å². The lowest BCUT2D eigenvalue weighted by molar-refractivity contribution is -0.870. The van der Waals surface area contributed by atoms with Crippen LogP contribution in [-0.4, -0.2) is 68.5 Å². The fraction of sp³-hybridized carbons (Fsp3) is 0.848. The molecule has 0 bridgehead atoms. The fourth-order valence-corrected chi connectivity index (χ4v) is 7.13. The smallest absolute Gasteiger partial charge is 0.268 e. The van der Waals surface area contributed by atoms with Crippen molar-refractivity contribution in [3.05, 3.63) is 36.5 Å². The monoisotopic (exact) mass is 797 g/mol. The van der Waals surface area contributed by atoms with Crippen LogP contribution in [0, 0.1) is 0 Å². The van der Waals surface area contributed by atoms with Crippen molar-refractivity contribution in [3.63, 3.8) is 0 Å². The number of carbonyl (C=O) groups is 1. The number of phosphoric ester groups is 1. The summed E-state index contributed by atoms with van der Waals surface area (Å²) < 4.78 is 23.1. The zero-order chi connectivity index (χ0) is 40.7. The first-order valence-corrected chi connectivity index (χ1v) is 24.3. The van der Waals surface area contributed by atoms with Crippen LogP contribution in [-0.2, 0) is 18.4 Å². The van der Waals surface area contributed by atoms with Crippen LogP contribution in [0.5, 0.6) is 0 Å². The van der Waals surface area contributed by atoms with E-state index in [0.717, 1.165) is 51.4 Å². The highest BCUT2D eigenvalue weighted by Gasteiger charge is 2.23. The van der Waals surface area contributed by atoms with Gasteiger partial charge in [-0.2, -0.15) is 0 Å². The fourth-order valence-electron chi connectivity index (χ4n) is 6.41. The molecular formula is C46H89N2O6P. The van der Waals surface area contributed by atoms with Crippen molar-refractivity contribution in [2.75, 3.05) is 40.9 Å². The average molecular weight is 797 g/mol. The van der Waals surface area contributed by atoms with Crippen molar-refractivity contribution >= 4 is 13.7 Å². The summed E-state index contributed by atoms with van der Waals surface area (Å²) >= 11 is 0. The van der Waals surface area contributed by atoms with Gasteiger partial charge in [0, 0.05) is 6.42 Å². The van der Waals surface area contributed by atoms with Gasteiger partial charge in [-0.1, -0.05) is 192 Å². The second kappa shape index (κ2) is 38.2. The molecule has 2 N–H and O–H groups in total. The molecule has 0 aromatic rings. The van der Waals surface area contributed by atoms with Crippen LogP contribution in [0.1, 0.15) is 200 Å². The molecule has 0 saturated heterocycles. The Labute approximate surface area is 340 Å². The van der Waals surface area contributed by atoms with E-state index in [1.54, 1.807) is 6.08 Å². The van der Waals surface area contributed by atoms with Crippen LogP contribution in [0.15, 0.2) is 36.5 Å². The summed E-state index contributed by atoms with van der Waals surface area (Å²) in [5.74, 6) is -0.211. The second-order valence-corrected chi connectivity index (χ2v) is 18.2. The Morgan fingerprint density at radius 2 is 1.02 bits per heavy atom. The van der Waals surface area contributed by atoms with Crippen LogP contribution >= 0.6 is 7.82 Å². The maximum atomic E-state index is 12.8. The topological polar surface area (TPSA) is 108 Å². The highest BCUT2D eigenvalue weighted by Crippen LogP contribution is 2.38. The first kappa shape index (κ1) is 53.7. The number of hydrogen-bond donors (Lipinski definition) is 2. The van der Waals surface area contributed by atoms with Crippen molar-refractivity contribution in [1.29, 1.82) is 0 Å². The number of carbonyl (C=O) groups excluding carboxylic acids is 1. The minimum atomic E-state index is -4.59. The minimum absolute atomic E-state index is 0.00804. The van der Waals surface area contributed by atoms with E-state index in [1.165, 1.54) is 128 Å². The van der Waals surface area contributed by atoms with Gasteiger partial charge in [-0.3, -0.25) is 9.36 Å². The van der Waals surface area contributed by atoms with E-state index in [4.69, 9.17) is 9.05 Å². The Bertz CT molecular complexity index is 995. The Kier molecular flexibility index (Phi) is 37.4. The van der Waals surface area contributed by atoms with Crippen molar-refractivity contribution in [3.8, 4) is 0 Å². The van der Waals surface area contributed by atoms with E-state index < -0.39 is 26.6 Å². The molecule has 8 nitrogen and oxygen atoms in total. The summed E-state index contributed by atoms with van der Waals surface area (Å²) in [6.07, 6.45) is 46.3. The highest BCUT2D eigenvalue weighted by atomic mass is 31.2. The third-order valence-corrected chi connectivity index (χ3v) is 11.0. The number of quaternary nitrogens is 1. The molecule has 3 unspecified atom stereocenters. The number of hydrogen-bond acceptors (Lipinski definition) is 6. The summed E-state index contributed by atoms with van der Waals surface area (Å²) in [4.78, 5) is 25.3. The van der Waals surface area contributed by atoms with Gasteiger partial charge in [0.2, 0.25) is 5.91 Å². The van der Waals surface area contributed by atoms with Gasteiger partial charge >= 0.3 is 0 Å². The summed E-state index contributed by atoms with van der Waals surface area (Å²) in [5, 5.41) is 13.7. The predicted molar refractivity (Wildman–Crippen MR) is 233 cm³/mol. The summed E-state index contributed by atoms with van der Waals surface area (Å²) in [5.41, 5.74) is 0. The molecule has 0 heterocycles. The first-order valence-electron chi connectivity index (χ1n) is 22.9. The van der Waals surface area contributed by atoms with Crippen molar-refractivity contribution < 1.29 is 32.9 Å². The van der Waals surface area contributed by atoms with Gasteiger partial charge < -0.3 is 28.8 Å². The molecule has 9 heteroatoms. The maximum absolute atomic E-state index is 12.8. The van der Waals surface area contributed by atoms with E-state index in [0.29, 0.717) is 17.4 Å². The van der Waals surface area contributed by atoms with Gasteiger partial charge in [0.25, 0.3) is 7.82 Å². The van der Waals surface area contributed by atoms with Crippen molar-refractivity contribution in [1.82, 2.24) is 5.32 Å². The Balaban J connectivity index is 4.32. The number of amides is 1. The summed E-state index contributed by atoms with van der Waals surface area (Å²) in [6, 6.07) is -0.905. The Morgan fingerprint density at radius 1 is 0.618 bits per heavy atom. The zero-order valence-electron chi connectivity index (χ0n) is 36.6. The van der Waals surface area contributed by atoms with E-state index in [9.17, 15) is 19.4 Å². The van der Waals surface area contributed by atoms with Gasteiger partial charge in [0.1, 0.15) is 13.2 Å². The molecule has 0 fully saturated rings. The number of phosphoric acid groups is 1. The van der Waals surface area contributed by atoms with E-state index in [2.05, 4.69) is 43.5 Å². The average Bonchev–Trinajstić information content (AvgIpc) is 3.13. The lowest BCUT2D eigenvalue weighted by Gasteiger charge is -2.29. The molecule has 0 aromatic carbocycles. The predicted octanol–water partition coefficient (Wildman–Crippen LogP) is 12.1. The van der Waals surface area contributed by atoms with Crippen molar-refractivity contribution in [2.24, 2.45) is 0 Å². The quantitative estimate of drug-likeness (QED) is 0.0276. The maximum Gasteiger partial charge on any atom is 0.268 e. The highest BCUT2D eigenvalue weighted by molar-refractivity contribution is 7.45. The van der Waals surface area contributed by atoms with Crippen LogP contribution in [0.3, 0.4) is 0 Å². The number of rotatable bonds is 41. The largest absolute Gasteiger partial charge is 0.756 e. The standard InChI is InChI=1S/C46H89N2O6P/c1-6-8-10-12-14-16-18-20-21-22-23-24-25-26-27-28-30-32-34-36-38-40-46(50)47-44(43-54-55(51,52)53-42-41-48(3,4)5)45(49)39-37-35-33-31-29-19-17-15-13-11-9-7-2/h13,15,29,31,37,39,44-45,49H,6-12,14,16-28,30,32-36,38,40-43H2,1-5H3,(H-,47,50,51,52)/b15-13+,31-29+,39-37+. The van der Waals surface area contributed by atoms with E-state index in [1.807, 2.05) is 27.2 Å². The number of unbranched alkanes of at least 4 members (excludes halogenated alkanes) is 24. The summed E-state index contributed by atoms with van der Waals surface area (Å²) in [7, 11) is 1.24. The SMILES string of the molecule is CCCC/C=C/CC/C=C/CC/C=C/C(O)C(COP(=O)([O-])OCC[N+](C)(C)C)NC(=O)CCCCCCCCCCCCCCCCCCCCCCC. The van der Waals surface area contributed by atoms with Crippen LogP contribution in [0.4, 0.5) is 0 Å². The molecule has 0 radical (unpaired) electrons. The minimum Gasteiger partial charge on any atom is -0.756 e. The van der Waals surface area contributed by atoms with Crippen molar-refractivity contribution in [2.45, 2.75) is 212 Å². The molecule has 0 aliphatic carbocycles. The first-order chi connectivity index (χ1) is 26.5. The third kappa shape index (κ3) is 40.7. The normalized spacial score (nSPS) is 14.7. The van der Waals surface area contributed by atoms with Gasteiger partial charge in [-0.15, -0.1) is 0 Å². The number of nitrogens with zero attached hydrogens (tertiary/aromatic N) is 1. The van der Waals surface area contributed by atoms with Gasteiger partial charge in [0.15, 0.2) is 0 Å². The molecular weight excluding hydrogens is 707 g/mol. The van der Waals surface area contributed by atoms with Crippen LogP contribution in [0.2, 0.25) is 0 Å². The molecule has 1 amide bonds. The molecule has 0 spiro atoms. The number of likely N-dealkylation sites (N-methyl/N-ethyl adjacent to an activating group) is 1. The number of nitrogens with one attached hydrogen (secondary N) is 1. The zero-order valence-corrected chi connectivity index (χ0v) is 37.5. The van der Waals surface area contributed by atoms with E-state index in [-0.39, 0.29) is 12.5 Å². The van der Waals surface area contributed by atoms with Crippen LogP contribution in [0.25, 0.3) is 0 Å². The number of aliphatic hydroxyl groups is 1. The molecule has 55 heavy (non-hydrogen) atoms. The van der Waals surface area contributed by atoms with Gasteiger partial charge in [0.05, 0.1) is 39.9 Å². The lowest BCUT2D eigenvalue weighted by atomic mass is 10.0. The second-order valence-electron chi connectivity index (χ2n) is 16.7. The Morgan fingerprint density at radius 3 is 1.45 bits per heavy atom. The molecule has 0 rings (SSSR count). The third-order valence-electron chi connectivity index (χ3n) is 10.1. The molecule has 0 saturated carbocycles. The number of aliphatic hydroxyl groups excluding tert-OH is 1. The van der Waals surface area contributed by atoms with Gasteiger partial charge in [-0.05, 0) is 38.5 Å². The molecule has 0 aliphatic rings. The Hall–Kier alpha value is -1.28. The number of allylic oxidation sites excluding steroid dienone is 5. The molecule has 324 valence electrons. The molecule has 0 aromatic heterocycles. The molecule has 3 atom stereocenters. The lowest BCUT2D eigenvalue weighted by Crippen LogP contribution is -2.45. The molecule has 0 aliphatic heterocycles. The van der Waals surface area contributed by atoms with Gasteiger partial charge in [-0.25, -0.2) is 0 Å². The van der Waals surface area contributed by atoms with Crippen LogP contribution < -0.4 is 10.2 Å².